The fraction of sp³-hybridized carbons (Fsp3) is 0.500. The molecule has 0 bridgehead atoms. The highest BCUT2D eigenvalue weighted by atomic mass is 32.2. The van der Waals surface area contributed by atoms with Crippen molar-refractivity contribution in [3.05, 3.63) is 23.5 Å². The SMILES string of the molecule is Cc1cc(F)c(S(=O)(=O)N[C@H](CO)C(C)C)cc1N. The van der Waals surface area contributed by atoms with Gasteiger partial charge in [-0.2, -0.15) is 0 Å². The van der Waals surface area contributed by atoms with Crippen LogP contribution in [0.2, 0.25) is 0 Å². The third-order valence-electron chi connectivity index (χ3n) is 2.92. The van der Waals surface area contributed by atoms with E-state index in [0.717, 1.165) is 12.1 Å². The lowest BCUT2D eigenvalue weighted by atomic mass is 10.1. The van der Waals surface area contributed by atoms with Crippen molar-refractivity contribution in [1.82, 2.24) is 4.72 Å². The third kappa shape index (κ3) is 3.65. The molecule has 1 atom stereocenters. The molecule has 0 heterocycles. The largest absolute Gasteiger partial charge is 0.398 e. The topological polar surface area (TPSA) is 92.4 Å². The summed E-state index contributed by atoms with van der Waals surface area (Å²) in [6.07, 6.45) is 0. The van der Waals surface area contributed by atoms with Gasteiger partial charge in [0.25, 0.3) is 0 Å². The summed E-state index contributed by atoms with van der Waals surface area (Å²) in [4.78, 5) is -0.505. The number of aryl methyl sites for hydroxylation is 1. The molecule has 0 unspecified atom stereocenters. The van der Waals surface area contributed by atoms with Gasteiger partial charge in [-0.05, 0) is 30.5 Å². The van der Waals surface area contributed by atoms with Gasteiger partial charge in [0.05, 0.1) is 6.61 Å². The van der Waals surface area contributed by atoms with Crippen molar-refractivity contribution >= 4 is 15.7 Å². The van der Waals surface area contributed by atoms with E-state index in [9.17, 15) is 12.8 Å². The van der Waals surface area contributed by atoms with Gasteiger partial charge in [-0.25, -0.2) is 17.5 Å². The summed E-state index contributed by atoms with van der Waals surface area (Å²) in [6.45, 7) is 4.74. The Morgan fingerprint density at radius 3 is 2.47 bits per heavy atom. The van der Waals surface area contributed by atoms with Crippen LogP contribution in [0.1, 0.15) is 19.4 Å². The Balaban J connectivity index is 3.17. The molecular weight excluding hydrogens is 271 g/mol. The first kappa shape index (κ1) is 15.9. The minimum atomic E-state index is -4.05. The van der Waals surface area contributed by atoms with Crippen LogP contribution in [0.5, 0.6) is 0 Å². The maximum Gasteiger partial charge on any atom is 0.243 e. The molecule has 4 N–H and O–H groups in total. The van der Waals surface area contributed by atoms with E-state index in [2.05, 4.69) is 4.72 Å². The number of hydrogen-bond acceptors (Lipinski definition) is 4. The number of hydrogen-bond donors (Lipinski definition) is 3. The van der Waals surface area contributed by atoms with Crippen molar-refractivity contribution in [1.29, 1.82) is 0 Å². The van der Waals surface area contributed by atoms with Crippen molar-refractivity contribution in [2.45, 2.75) is 31.7 Å². The van der Waals surface area contributed by atoms with Crippen LogP contribution in [0, 0.1) is 18.7 Å². The summed E-state index contributed by atoms with van der Waals surface area (Å²) in [7, 11) is -4.05. The van der Waals surface area contributed by atoms with Crippen molar-refractivity contribution in [2.75, 3.05) is 12.3 Å². The van der Waals surface area contributed by atoms with E-state index >= 15 is 0 Å². The minimum Gasteiger partial charge on any atom is -0.398 e. The fourth-order valence-corrected chi connectivity index (χ4v) is 2.99. The lowest BCUT2D eigenvalue weighted by molar-refractivity contribution is 0.227. The molecule has 0 radical (unpaired) electrons. The molecule has 5 nitrogen and oxygen atoms in total. The number of nitrogens with two attached hydrogens (primary N) is 1. The molecule has 0 spiro atoms. The molecule has 1 aromatic carbocycles. The van der Waals surface area contributed by atoms with Crippen LogP contribution < -0.4 is 10.5 Å². The van der Waals surface area contributed by atoms with Gasteiger partial charge in [0.1, 0.15) is 10.7 Å². The van der Waals surface area contributed by atoms with Crippen LogP contribution >= 0.6 is 0 Å². The second-order valence-corrected chi connectivity index (χ2v) is 6.48. The summed E-state index contributed by atoms with van der Waals surface area (Å²) in [5.74, 6) is -0.981. The van der Waals surface area contributed by atoms with Crippen LogP contribution in [0.25, 0.3) is 0 Å². The lowest BCUT2D eigenvalue weighted by Gasteiger charge is -2.20. The predicted octanol–water partition coefficient (Wildman–Crippen LogP) is 1.01. The molecule has 0 aliphatic heterocycles. The zero-order valence-electron chi connectivity index (χ0n) is 11.1. The average Bonchev–Trinajstić information content (AvgIpc) is 2.30. The van der Waals surface area contributed by atoms with Crippen molar-refractivity contribution in [2.24, 2.45) is 5.92 Å². The van der Waals surface area contributed by atoms with E-state index in [1.54, 1.807) is 20.8 Å². The molecule has 0 fully saturated rings. The van der Waals surface area contributed by atoms with E-state index in [4.69, 9.17) is 10.8 Å². The van der Waals surface area contributed by atoms with Crippen LogP contribution in [0.4, 0.5) is 10.1 Å². The number of rotatable bonds is 5. The number of benzene rings is 1. The Morgan fingerprint density at radius 2 is 2.00 bits per heavy atom. The Kier molecular flexibility index (Phi) is 4.89. The molecular formula is C12H19FN2O3S. The highest BCUT2D eigenvalue weighted by Gasteiger charge is 2.25. The maximum atomic E-state index is 13.7. The number of sulfonamides is 1. The summed E-state index contributed by atoms with van der Waals surface area (Å²) in [5.41, 5.74) is 6.27. The van der Waals surface area contributed by atoms with Gasteiger partial charge in [-0.3, -0.25) is 0 Å². The molecule has 1 rings (SSSR count). The predicted molar refractivity (Wildman–Crippen MR) is 71.6 cm³/mol. The lowest BCUT2D eigenvalue weighted by Crippen LogP contribution is -2.41. The van der Waals surface area contributed by atoms with E-state index in [0.29, 0.717) is 5.56 Å². The molecule has 19 heavy (non-hydrogen) atoms. The second-order valence-electron chi connectivity index (χ2n) is 4.79. The van der Waals surface area contributed by atoms with Gasteiger partial charge in [0.15, 0.2) is 0 Å². The standard InChI is InChI=1S/C12H19FN2O3S/c1-7(2)11(6-16)15-19(17,18)12-5-10(14)8(3)4-9(12)13/h4-5,7,11,15-16H,6,14H2,1-3H3/t11-/m1/s1. The van der Waals surface area contributed by atoms with E-state index < -0.39 is 26.8 Å². The summed E-state index contributed by atoms with van der Waals surface area (Å²) >= 11 is 0. The number of aliphatic hydroxyl groups is 1. The van der Waals surface area contributed by atoms with Crippen LogP contribution in [0.3, 0.4) is 0 Å². The Hall–Kier alpha value is -1.18. The number of anilines is 1. The quantitative estimate of drug-likeness (QED) is 0.706. The average molecular weight is 290 g/mol. The highest BCUT2D eigenvalue weighted by Crippen LogP contribution is 2.22. The first-order valence-electron chi connectivity index (χ1n) is 5.88. The monoisotopic (exact) mass is 290 g/mol. The van der Waals surface area contributed by atoms with Crippen molar-refractivity contribution in [3.8, 4) is 0 Å². The first-order chi connectivity index (χ1) is 8.69. The van der Waals surface area contributed by atoms with Crippen LogP contribution in [-0.2, 0) is 10.0 Å². The van der Waals surface area contributed by atoms with Gasteiger partial charge < -0.3 is 10.8 Å². The van der Waals surface area contributed by atoms with E-state index in [1.807, 2.05) is 0 Å². The van der Waals surface area contributed by atoms with Gasteiger partial charge in [0.2, 0.25) is 10.0 Å². The number of nitrogens with one attached hydrogen (secondary N) is 1. The van der Waals surface area contributed by atoms with Gasteiger partial charge in [-0.1, -0.05) is 13.8 Å². The fourth-order valence-electron chi connectivity index (χ4n) is 1.52. The summed E-state index contributed by atoms with van der Waals surface area (Å²) < 4.78 is 40.2. The second kappa shape index (κ2) is 5.85. The third-order valence-corrected chi connectivity index (χ3v) is 4.42. The van der Waals surface area contributed by atoms with Crippen LogP contribution in [-0.4, -0.2) is 26.2 Å². The normalized spacial score (nSPS) is 13.8. The molecule has 108 valence electrons. The van der Waals surface area contributed by atoms with Gasteiger partial charge in [-0.15, -0.1) is 0 Å². The van der Waals surface area contributed by atoms with Crippen molar-refractivity contribution < 1.29 is 17.9 Å². The number of nitrogen functional groups attached to an aromatic ring is 1. The summed E-state index contributed by atoms with van der Waals surface area (Å²) in [5, 5.41) is 9.13. The van der Waals surface area contributed by atoms with E-state index in [1.165, 1.54) is 0 Å². The van der Waals surface area contributed by atoms with Crippen LogP contribution in [0.15, 0.2) is 17.0 Å². The molecule has 0 aliphatic rings. The molecule has 1 aromatic rings. The molecule has 0 saturated heterocycles. The zero-order valence-corrected chi connectivity index (χ0v) is 12.0. The number of halogens is 1. The molecule has 0 amide bonds. The molecule has 0 aliphatic carbocycles. The summed E-state index contributed by atoms with van der Waals surface area (Å²) in [6, 6.07) is 1.49. The molecule has 7 heteroatoms. The van der Waals surface area contributed by atoms with Gasteiger partial charge in [0, 0.05) is 11.7 Å². The Bertz CT molecular complexity index is 558. The van der Waals surface area contributed by atoms with E-state index in [-0.39, 0.29) is 18.2 Å². The maximum absolute atomic E-state index is 13.7. The molecule has 0 saturated carbocycles. The first-order valence-corrected chi connectivity index (χ1v) is 7.36. The Morgan fingerprint density at radius 1 is 1.42 bits per heavy atom. The van der Waals surface area contributed by atoms with Crippen molar-refractivity contribution in [3.63, 3.8) is 0 Å². The number of aliphatic hydroxyl groups excluding tert-OH is 1. The Labute approximate surface area is 112 Å². The van der Waals surface area contributed by atoms with Gasteiger partial charge >= 0.3 is 0 Å². The molecule has 0 aromatic heterocycles. The zero-order chi connectivity index (χ0) is 14.8. The highest BCUT2D eigenvalue weighted by molar-refractivity contribution is 7.89. The smallest absolute Gasteiger partial charge is 0.243 e. The minimum absolute atomic E-state index is 0.120.